The van der Waals surface area contributed by atoms with Gasteiger partial charge in [0.25, 0.3) is 0 Å². The Labute approximate surface area is 117 Å². The Balaban J connectivity index is 2.35. The summed E-state index contributed by atoms with van der Waals surface area (Å²) in [5.41, 5.74) is 1.07. The molecule has 0 bridgehead atoms. The summed E-state index contributed by atoms with van der Waals surface area (Å²) in [6, 6.07) is 9.77. The van der Waals surface area contributed by atoms with E-state index in [-0.39, 0.29) is 22.9 Å². The average molecular weight is 282 g/mol. The van der Waals surface area contributed by atoms with Crippen LogP contribution in [0, 0.1) is 0 Å². The fraction of sp³-hybridized carbons (Fsp3) is 0.429. The molecule has 1 aromatic carbocycles. The highest BCUT2D eigenvalue weighted by Gasteiger charge is 2.14. The van der Waals surface area contributed by atoms with Crippen LogP contribution in [0.15, 0.2) is 30.3 Å². The molecule has 1 aromatic rings. The van der Waals surface area contributed by atoms with Crippen LogP contribution in [-0.2, 0) is 25.7 Å². The van der Waals surface area contributed by atoms with Crippen molar-refractivity contribution in [2.45, 2.75) is 25.7 Å². The van der Waals surface area contributed by atoms with Crippen LogP contribution in [0.1, 0.15) is 19.4 Å². The van der Waals surface area contributed by atoms with Crippen molar-refractivity contribution in [3.05, 3.63) is 35.9 Å². The Morgan fingerprint density at radius 3 is 2.42 bits per heavy atom. The smallest absolute Gasteiger partial charge is 0.302 e. The summed E-state index contributed by atoms with van der Waals surface area (Å²) in [5.74, 6) is -0.350. The zero-order valence-electron chi connectivity index (χ0n) is 11.1. The summed E-state index contributed by atoms with van der Waals surface area (Å²) in [6.45, 7) is 3.87. The molecule has 0 unspecified atom stereocenters. The van der Waals surface area contributed by atoms with Crippen LogP contribution in [0.4, 0.5) is 0 Å². The van der Waals surface area contributed by atoms with Crippen molar-refractivity contribution in [2.75, 3.05) is 13.2 Å². The van der Waals surface area contributed by atoms with Gasteiger partial charge >= 0.3 is 5.97 Å². The number of benzene rings is 1. The van der Waals surface area contributed by atoms with Gasteiger partial charge in [-0.15, -0.1) is 0 Å². The van der Waals surface area contributed by atoms with E-state index in [4.69, 9.17) is 9.47 Å². The molecule has 0 saturated carbocycles. The fourth-order valence-electron chi connectivity index (χ4n) is 1.44. The first-order valence-corrected chi connectivity index (χ1v) is 6.88. The normalized spacial score (nSPS) is 11.9. The van der Waals surface area contributed by atoms with Crippen molar-refractivity contribution in [1.82, 2.24) is 0 Å². The SMILES string of the molecule is CC(=O)OC[C@@H](COCc1ccccc1)SC(C)=O. The summed E-state index contributed by atoms with van der Waals surface area (Å²) in [7, 11) is 0. The lowest BCUT2D eigenvalue weighted by molar-refractivity contribution is -0.141. The molecular weight excluding hydrogens is 264 g/mol. The molecule has 0 fully saturated rings. The fourth-order valence-corrected chi connectivity index (χ4v) is 2.21. The largest absolute Gasteiger partial charge is 0.465 e. The number of carbonyl (C=O) groups excluding carboxylic acids is 2. The van der Waals surface area contributed by atoms with Gasteiger partial charge in [0, 0.05) is 13.8 Å². The average Bonchev–Trinajstić information content (AvgIpc) is 2.36. The van der Waals surface area contributed by atoms with Gasteiger partial charge in [-0.1, -0.05) is 42.1 Å². The van der Waals surface area contributed by atoms with Crippen molar-refractivity contribution in [3.63, 3.8) is 0 Å². The van der Waals surface area contributed by atoms with Crippen LogP contribution in [0.2, 0.25) is 0 Å². The minimum atomic E-state index is -0.350. The molecule has 1 rings (SSSR count). The van der Waals surface area contributed by atoms with Crippen molar-refractivity contribution >= 4 is 22.8 Å². The van der Waals surface area contributed by atoms with E-state index in [2.05, 4.69) is 0 Å². The Hall–Kier alpha value is -1.33. The summed E-state index contributed by atoms with van der Waals surface area (Å²) in [5, 5.41) is -0.175. The molecule has 0 N–H and O–H groups in total. The molecule has 1 atom stereocenters. The Kier molecular flexibility index (Phi) is 7.22. The number of rotatable bonds is 7. The Bertz CT molecular complexity index is 405. The molecule has 0 radical (unpaired) electrons. The van der Waals surface area contributed by atoms with Gasteiger partial charge in [0.1, 0.15) is 6.61 Å². The Morgan fingerprint density at radius 2 is 1.84 bits per heavy atom. The predicted octanol–water partition coefficient (Wildman–Crippen LogP) is 2.41. The van der Waals surface area contributed by atoms with Gasteiger partial charge in [0.05, 0.1) is 18.5 Å². The minimum Gasteiger partial charge on any atom is -0.465 e. The number of carbonyl (C=O) groups is 2. The molecule has 0 amide bonds. The summed E-state index contributed by atoms with van der Waals surface area (Å²) in [4.78, 5) is 21.9. The standard InChI is InChI=1S/C14H18O4S/c1-11(15)18-10-14(19-12(2)16)9-17-8-13-6-4-3-5-7-13/h3-7,14H,8-10H2,1-2H3/t14-/m1/s1. The lowest BCUT2D eigenvalue weighted by Crippen LogP contribution is -2.21. The summed E-state index contributed by atoms with van der Waals surface area (Å²) < 4.78 is 10.5. The van der Waals surface area contributed by atoms with Crippen molar-refractivity contribution in [1.29, 1.82) is 0 Å². The number of esters is 1. The molecule has 0 spiro atoms. The summed E-state index contributed by atoms with van der Waals surface area (Å²) in [6.07, 6.45) is 0. The molecule has 0 saturated heterocycles. The molecule has 0 aliphatic carbocycles. The van der Waals surface area contributed by atoms with Crippen molar-refractivity contribution in [2.24, 2.45) is 0 Å². The lowest BCUT2D eigenvalue weighted by Gasteiger charge is -2.15. The monoisotopic (exact) mass is 282 g/mol. The van der Waals surface area contributed by atoms with Gasteiger partial charge in [-0.3, -0.25) is 9.59 Å². The molecule has 4 nitrogen and oxygen atoms in total. The van der Waals surface area contributed by atoms with Crippen molar-refractivity contribution < 1.29 is 19.1 Å². The molecule has 19 heavy (non-hydrogen) atoms. The van der Waals surface area contributed by atoms with E-state index in [9.17, 15) is 9.59 Å². The van der Waals surface area contributed by atoms with E-state index in [1.807, 2.05) is 30.3 Å². The van der Waals surface area contributed by atoms with E-state index in [0.29, 0.717) is 13.2 Å². The van der Waals surface area contributed by atoms with Crippen molar-refractivity contribution in [3.8, 4) is 0 Å². The van der Waals surface area contributed by atoms with Crippen LogP contribution in [-0.4, -0.2) is 29.5 Å². The summed E-state index contributed by atoms with van der Waals surface area (Å²) >= 11 is 1.14. The quantitative estimate of drug-likeness (QED) is 0.719. The van der Waals surface area contributed by atoms with Gasteiger partial charge in [0.15, 0.2) is 5.12 Å². The second-order valence-corrected chi connectivity index (χ2v) is 5.51. The number of thioether (sulfide) groups is 1. The zero-order valence-corrected chi connectivity index (χ0v) is 11.9. The van der Waals surface area contributed by atoms with Gasteiger partial charge in [0.2, 0.25) is 0 Å². The van der Waals surface area contributed by atoms with Crippen LogP contribution in [0.5, 0.6) is 0 Å². The molecule has 0 aliphatic rings. The van der Waals surface area contributed by atoms with Crippen LogP contribution >= 0.6 is 11.8 Å². The third kappa shape index (κ3) is 7.64. The molecule has 0 heterocycles. The maximum Gasteiger partial charge on any atom is 0.302 e. The maximum absolute atomic E-state index is 11.1. The van der Waals surface area contributed by atoms with E-state index in [1.165, 1.54) is 13.8 Å². The molecule has 104 valence electrons. The second kappa shape index (κ2) is 8.72. The molecular formula is C14H18O4S. The highest BCUT2D eigenvalue weighted by Crippen LogP contribution is 2.14. The number of hydrogen-bond acceptors (Lipinski definition) is 5. The minimum absolute atomic E-state index is 0.0135. The second-order valence-electron chi connectivity index (χ2n) is 4.03. The highest BCUT2D eigenvalue weighted by atomic mass is 32.2. The lowest BCUT2D eigenvalue weighted by atomic mass is 10.2. The van der Waals surface area contributed by atoms with E-state index < -0.39 is 0 Å². The van der Waals surface area contributed by atoms with E-state index in [0.717, 1.165) is 17.3 Å². The highest BCUT2D eigenvalue weighted by molar-refractivity contribution is 8.14. The molecule has 0 aromatic heterocycles. The third-order valence-electron chi connectivity index (χ3n) is 2.22. The van der Waals surface area contributed by atoms with Gasteiger partial charge in [-0.25, -0.2) is 0 Å². The van der Waals surface area contributed by atoms with E-state index >= 15 is 0 Å². The van der Waals surface area contributed by atoms with Gasteiger partial charge in [-0.2, -0.15) is 0 Å². The van der Waals surface area contributed by atoms with Gasteiger partial charge in [-0.05, 0) is 5.56 Å². The topological polar surface area (TPSA) is 52.6 Å². The zero-order chi connectivity index (χ0) is 14.1. The Morgan fingerprint density at radius 1 is 1.16 bits per heavy atom. The first-order chi connectivity index (χ1) is 9.08. The third-order valence-corrected chi connectivity index (χ3v) is 3.16. The maximum atomic E-state index is 11.1. The molecule has 5 heteroatoms. The first-order valence-electron chi connectivity index (χ1n) is 6.00. The number of hydrogen-bond donors (Lipinski definition) is 0. The number of ether oxygens (including phenoxy) is 2. The van der Waals surface area contributed by atoms with Crippen LogP contribution in [0.3, 0.4) is 0 Å². The molecule has 0 aliphatic heterocycles. The van der Waals surface area contributed by atoms with Gasteiger partial charge < -0.3 is 9.47 Å². The first kappa shape index (κ1) is 15.7. The predicted molar refractivity (Wildman–Crippen MR) is 74.8 cm³/mol. The van der Waals surface area contributed by atoms with E-state index in [1.54, 1.807) is 0 Å². The van der Waals surface area contributed by atoms with Crippen LogP contribution in [0.25, 0.3) is 0 Å². The van der Waals surface area contributed by atoms with Crippen LogP contribution < -0.4 is 0 Å².